The molecule has 0 bridgehead atoms. The number of anilines is 1. The summed E-state index contributed by atoms with van der Waals surface area (Å²) in [6, 6.07) is 13.6. The number of non-ortho nitro benzene ring substituents is 1. The molecule has 0 atom stereocenters. The number of carbonyl (C=O) groups excluding carboxylic acids is 1. The van der Waals surface area contributed by atoms with Crippen LogP contribution in [0.15, 0.2) is 66.7 Å². The molecular weight excluding hydrogens is 402 g/mol. The van der Waals surface area contributed by atoms with Gasteiger partial charge >= 0.3 is 5.69 Å². The van der Waals surface area contributed by atoms with Crippen LogP contribution in [-0.2, 0) is 0 Å². The molecule has 0 radical (unpaired) electrons. The Kier molecular flexibility index (Phi) is 7.20. The maximum atomic E-state index is 12.6. The van der Waals surface area contributed by atoms with Gasteiger partial charge in [0.15, 0.2) is 5.78 Å². The fourth-order valence-electron chi connectivity index (χ4n) is 2.28. The molecular formula is C19H14F2N4O5. The second kappa shape index (κ2) is 9.80. The Morgan fingerprint density at radius 2 is 1.27 bits per heavy atom. The normalized spacial score (nSPS) is 9.83. The summed E-state index contributed by atoms with van der Waals surface area (Å²) in [5.41, 5.74) is 2.09. The van der Waals surface area contributed by atoms with E-state index in [0.29, 0.717) is 11.1 Å². The van der Waals surface area contributed by atoms with Crippen LogP contribution < -0.4 is 11.3 Å². The molecule has 0 aromatic heterocycles. The van der Waals surface area contributed by atoms with E-state index < -0.39 is 27.2 Å². The zero-order valence-corrected chi connectivity index (χ0v) is 15.1. The molecule has 0 saturated carbocycles. The Labute approximate surface area is 168 Å². The molecule has 30 heavy (non-hydrogen) atoms. The van der Waals surface area contributed by atoms with E-state index in [1.54, 1.807) is 0 Å². The summed E-state index contributed by atoms with van der Waals surface area (Å²) in [6.45, 7) is 0. The van der Waals surface area contributed by atoms with E-state index in [9.17, 15) is 33.8 Å². The molecule has 9 nitrogen and oxygen atoms in total. The van der Waals surface area contributed by atoms with E-state index in [2.05, 4.69) is 5.43 Å². The lowest BCUT2D eigenvalue weighted by Crippen LogP contribution is -2.09. The molecule has 11 heteroatoms. The van der Waals surface area contributed by atoms with Crippen LogP contribution in [0.3, 0.4) is 0 Å². The van der Waals surface area contributed by atoms with Gasteiger partial charge in [0.2, 0.25) is 0 Å². The number of nitrogen functional groups attached to an aromatic ring is 1. The average Bonchev–Trinajstić information content (AvgIpc) is 2.74. The lowest BCUT2D eigenvalue weighted by Gasteiger charge is -2.00. The summed E-state index contributed by atoms with van der Waals surface area (Å²) in [5.74, 6) is 3.95. The number of nitrogens with two attached hydrogens (primary N) is 1. The summed E-state index contributed by atoms with van der Waals surface area (Å²) in [5, 5.41) is 20.7. The minimum atomic E-state index is -0.748. The Hall–Kier alpha value is -4.25. The number of nitro groups is 2. The number of ketones is 1. The number of nitrogens with zero attached hydrogens (tertiary/aromatic N) is 2. The van der Waals surface area contributed by atoms with Crippen molar-refractivity contribution in [3.63, 3.8) is 0 Å². The van der Waals surface area contributed by atoms with Gasteiger partial charge in [-0.2, -0.15) is 0 Å². The van der Waals surface area contributed by atoms with Crippen molar-refractivity contribution in [3.05, 3.63) is 110 Å². The number of hydrazine groups is 1. The summed E-state index contributed by atoms with van der Waals surface area (Å²) in [6.07, 6.45) is 0. The number of hydrogen-bond donors (Lipinski definition) is 2. The van der Waals surface area contributed by atoms with Crippen LogP contribution in [0, 0.1) is 31.9 Å². The number of nitro benzene ring substituents is 2. The topological polar surface area (TPSA) is 141 Å². The first-order chi connectivity index (χ1) is 14.2. The van der Waals surface area contributed by atoms with Crippen molar-refractivity contribution < 1.29 is 23.4 Å². The Morgan fingerprint density at radius 1 is 0.800 bits per heavy atom. The lowest BCUT2D eigenvalue weighted by molar-refractivity contribution is -0.393. The zero-order chi connectivity index (χ0) is 22.3. The molecule has 0 aliphatic heterocycles. The van der Waals surface area contributed by atoms with Crippen LogP contribution in [0.25, 0.3) is 0 Å². The van der Waals surface area contributed by atoms with E-state index >= 15 is 0 Å². The average molecular weight is 416 g/mol. The number of rotatable bonds is 5. The highest BCUT2D eigenvalue weighted by molar-refractivity contribution is 6.08. The minimum Gasteiger partial charge on any atom is -0.318 e. The number of nitrogens with one attached hydrogen (secondary N) is 1. The molecule has 0 heterocycles. The molecule has 0 aliphatic carbocycles. The fraction of sp³-hybridized carbons (Fsp3) is 0. The predicted octanol–water partition coefficient (Wildman–Crippen LogP) is 3.98. The van der Waals surface area contributed by atoms with Crippen molar-refractivity contribution in [1.82, 2.24) is 0 Å². The first-order valence-electron chi connectivity index (χ1n) is 8.18. The smallest absolute Gasteiger partial charge is 0.300 e. The molecule has 3 aromatic rings. The molecule has 0 spiro atoms. The zero-order valence-electron chi connectivity index (χ0n) is 15.1. The lowest BCUT2D eigenvalue weighted by atomic mass is 10.0. The van der Waals surface area contributed by atoms with E-state index in [-0.39, 0.29) is 17.2 Å². The van der Waals surface area contributed by atoms with E-state index in [1.807, 2.05) is 0 Å². The maximum Gasteiger partial charge on any atom is 0.300 e. The summed E-state index contributed by atoms with van der Waals surface area (Å²) < 4.78 is 25.3. The largest absolute Gasteiger partial charge is 0.318 e. The minimum absolute atomic E-state index is 0.0283. The number of hydrogen-bond acceptors (Lipinski definition) is 7. The maximum absolute atomic E-state index is 12.6. The highest BCUT2D eigenvalue weighted by atomic mass is 19.1. The van der Waals surface area contributed by atoms with Crippen molar-refractivity contribution >= 4 is 22.8 Å². The first kappa shape index (κ1) is 22.0. The van der Waals surface area contributed by atoms with E-state index in [4.69, 9.17) is 5.84 Å². The van der Waals surface area contributed by atoms with Crippen molar-refractivity contribution in [2.24, 2.45) is 5.84 Å². The molecule has 3 N–H and O–H groups in total. The van der Waals surface area contributed by atoms with Gasteiger partial charge in [-0.25, -0.2) is 8.78 Å². The predicted molar refractivity (Wildman–Crippen MR) is 104 cm³/mol. The molecule has 3 rings (SSSR count). The molecule has 0 saturated heterocycles. The van der Waals surface area contributed by atoms with Crippen molar-refractivity contribution in [2.75, 3.05) is 5.43 Å². The van der Waals surface area contributed by atoms with E-state index in [1.165, 1.54) is 54.6 Å². The van der Waals surface area contributed by atoms with Gasteiger partial charge in [0.25, 0.3) is 5.69 Å². The summed E-state index contributed by atoms with van der Waals surface area (Å²) in [7, 11) is 0. The number of halogens is 2. The van der Waals surface area contributed by atoms with Crippen molar-refractivity contribution in [2.45, 2.75) is 0 Å². The molecule has 0 aliphatic rings. The van der Waals surface area contributed by atoms with Gasteiger partial charge < -0.3 is 5.43 Å². The van der Waals surface area contributed by atoms with Gasteiger partial charge in [0, 0.05) is 17.2 Å². The van der Waals surface area contributed by atoms with Crippen LogP contribution in [-0.4, -0.2) is 15.6 Å². The third-order valence-electron chi connectivity index (χ3n) is 3.76. The van der Waals surface area contributed by atoms with Crippen LogP contribution >= 0.6 is 0 Å². The van der Waals surface area contributed by atoms with Gasteiger partial charge in [0.1, 0.15) is 17.3 Å². The molecule has 0 amide bonds. The first-order valence-corrected chi connectivity index (χ1v) is 8.18. The van der Waals surface area contributed by atoms with Crippen molar-refractivity contribution in [1.29, 1.82) is 0 Å². The fourth-order valence-corrected chi connectivity index (χ4v) is 2.28. The van der Waals surface area contributed by atoms with Crippen molar-refractivity contribution in [3.8, 4) is 0 Å². The Morgan fingerprint density at radius 3 is 1.63 bits per heavy atom. The number of carbonyl (C=O) groups is 1. The second-order valence-electron chi connectivity index (χ2n) is 5.70. The van der Waals surface area contributed by atoms with E-state index in [0.717, 1.165) is 12.1 Å². The molecule has 0 unspecified atom stereocenters. The van der Waals surface area contributed by atoms with Crippen LogP contribution in [0.2, 0.25) is 0 Å². The van der Waals surface area contributed by atoms with Crippen LogP contribution in [0.5, 0.6) is 0 Å². The van der Waals surface area contributed by atoms with Crippen LogP contribution in [0.4, 0.5) is 25.8 Å². The molecule has 3 aromatic carbocycles. The van der Waals surface area contributed by atoms with Gasteiger partial charge in [-0.15, -0.1) is 0 Å². The number of benzene rings is 3. The highest BCUT2D eigenvalue weighted by Crippen LogP contribution is 2.27. The SMILES string of the molecule is NNc1ccc([N+](=O)[O-])cc1[N+](=O)[O-].O=C(c1ccc(F)cc1)c1ccc(F)cc1. The Balaban J connectivity index is 0.000000216. The van der Waals surface area contributed by atoms with Gasteiger partial charge in [-0.3, -0.25) is 30.9 Å². The second-order valence-corrected chi connectivity index (χ2v) is 5.70. The van der Waals surface area contributed by atoms with Gasteiger partial charge in [-0.05, 0) is 54.6 Å². The third-order valence-corrected chi connectivity index (χ3v) is 3.76. The van der Waals surface area contributed by atoms with Crippen LogP contribution in [0.1, 0.15) is 15.9 Å². The van der Waals surface area contributed by atoms with Gasteiger partial charge in [-0.1, -0.05) is 0 Å². The summed E-state index contributed by atoms with van der Waals surface area (Å²) >= 11 is 0. The quantitative estimate of drug-likeness (QED) is 0.277. The molecule has 0 fully saturated rings. The Bertz CT molecular complexity index is 1030. The summed E-state index contributed by atoms with van der Waals surface area (Å²) in [4.78, 5) is 31.1. The highest BCUT2D eigenvalue weighted by Gasteiger charge is 2.18. The molecule has 154 valence electrons. The third kappa shape index (κ3) is 5.62. The standard InChI is InChI=1S/C13H8F2O.C6H6N4O4/c14-11-5-1-9(2-6-11)13(16)10-3-7-12(15)8-4-10;7-8-5-2-1-4(9(11)12)3-6(5)10(13)14/h1-8H;1-3,8H,7H2. The monoisotopic (exact) mass is 416 g/mol. The van der Waals surface area contributed by atoms with Gasteiger partial charge in [0.05, 0.1) is 15.9 Å².